The molecule has 33 heavy (non-hydrogen) atoms. The van der Waals surface area contributed by atoms with E-state index < -0.39 is 17.3 Å². The summed E-state index contributed by atoms with van der Waals surface area (Å²) in [6, 6.07) is 3.18. The lowest BCUT2D eigenvalue weighted by Crippen LogP contribution is -2.64. The van der Waals surface area contributed by atoms with E-state index in [2.05, 4.69) is 17.2 Å². The van der Waals surface area contributed by atoms with Gasteiger partial charge in [0.05, 0.1) is 7.11 Å². The van der Waals surface area contributed by atoms with Crippen LogP contribution in [0.15, 0.2) is 23.1 Å². The number of methoxy groups -OCH3 is 1. The lowest BCUT2D eigenvalue weighted by atomic mass is 9.95. The Morgan fingerprint density at radius 3 is 2.76 bits per heavy atom. The van der Waals surface area contributed by atoms with Crippen molar-refractivity contribution in [2.24, 2.45) is 5.92 Å². The van der Waals surface area contributed by atoms with Gasteiger partial charge in [-0.15, -0.1) is 0 Å². The van der Waals surface area contributed by atoms with E-state index in [1.54, 1.807) is 22.6 Å². The van der Waals surface area contributed by atoms with Gasteiger partial charge in [0.1, 0.15) is 11.7 Å². The monoisotopic (exact) mass is 457 g/mol. The number of halogens is 1. The molecule has 0 aromatic carbocycles. The van der Waals surface area contributed by atoms with Crippen LogP contribution in [0.2, 0.25) is 0 Å². The van der Waals surface area contributed by atoms with Crippen molar-refractivity contribution in [1.29, 1.82) is 0 Å². The summed E-state index contributed by atoms with van der Waals surface area (Å²) in [7, 11) is 1.31. The van der Waals surface area contributed by atoms with Crippen LogP contribution in [0.5, 0.6) is 5.75 Å². The lowest BCUT2D eigenvalue weighted by Gasteiger charge is -2.50. The van der Waals surface area contributed by atoms with Crippen LogP contribution in [0.4, 0.5) is 4.39 Å². The van der Waals surface area contributed by atoms with Gasteiger partial charge in [-0.05, 0) is 38.7 Å². The number of aromatic nitrogens is 2. The number of ether oxygens (including phenoxy) is 1. The number of carbonyl (C=O) groups is 2. The van der Waals surface area contributed by atoms with Gasteiger partial charge in [-0.25, -0.2) is 4.98 Å². The second-order valence-electron chi connectivity index (χ2n) is 8.55. The van der Waals surface area contributed by atoms with E-state index in [1.807, 2.05) is 11.9 Å². The molecule has 0 unspecified atom stereocenters. The minimum atomic E-state index is -0.683. The van der Waals surface area contributed by atoms with Crippen LogP contribution < -0.4 is 20.5 Å². The van der Waals surface area contributed by atoms with E-state index in [-0.39, 0.29) is 41.2 Å². The summed E-state index contributed by atoms with van der Waals surface area (Å²) in [5.74, 6) is -1.39. The van der Waals surface area contributed by atoms with E-state index in [0.29, 0.717) is 24.7 Å². The lowest BCUT2D eigenvalue weighted by molar-refractivity contribution is 0.0496. The molecule has 176 valence electrons. The maximum Gasteiger partial charge on any atom is 0.278 e. The molecule has 0 radical (unpaired) electrons. The molecule has 0 spiro atoms. The number of pyridine rings is 2. The molecule has 0 bridgehead atoms. The summed E-state index contributed by atoms with van der Waals surface area (Å²) in [5.41, 5.74) is -0.0158. The van der Waals surface area contributed by atoms with Gasteiger partial charge < -0.3 is 15.0 Å². The third kappa shape index (κ3) is 3.94. The molecular weight excluding hydrogens is 429 g/mol. The Bertz CT molecular complexity index is 1160. The van der Waals surface area contributed by atoms with Gasteiger partial charge in [-0.3, -0.25) is 24.1 Å². The van der Waals surface area contributed by atoms with Gasteiger partial charge in [0.2, 0.25) is 11.4 Å². The Kier molecular flexibility index (Phi) is 6.09. The van der Waals surface area contributed by atoms with Crippen LogP contribution in [-0.2, 0) is 6.54 Å². The van der Waals surface area contributed by atoms with Gasteiger partial charge >= 0.3 is 0 Å². The van der Waals surface area contributed by atoms with Crippen LogP contribution in [0.25, 0.3) is 0 Å². The number of aryl methyl sites for hydroxylation is 1. The average molecular weight is 458 g/mol. The predicted molar refractivity (Wildman–Crippen MR) is 119 cm³/mol. The third-order valence-corrected chi connectivity index (χ3v) is 6.35. The molecule has 2 aromatic rings. The Morgan fingerprint density at radius 2 is 2.09 bits per heavy atom. The fourth-order valence-electron chi connectivity index (χ4n) is 4.55. The smallest absolute Gasteiger partial charge is 0.278 e. The van der Waals surface area contributed by atoms with E-state index in [1.165, 1.54) is 19.4 Å². The molecule has 4 heterocycles. The minimum absolute atomic E-state index is 0.112. The molecule has 1 saturated heterocycles. The number of amides is 2. The third-order valence-electron chi connectivity index (χ3n) is 6.35. The molecule has 2 amide bonds. The molecule has 2 aromatic heterocycles. The summed E-state index contributed by atoms with van der Waals surface area (Å²) in [4.78, 5) is 44.9. The molecule has 1 fully saturated rings. The molecule has 0 aliphatic carbocycles. The number of carbonyl (C=O) groups excluding carboxylic acids is 2. The largest absolute Gasteiger partial charge is 0.491 e. The fourth-order valence-corrected chi connectivity index (χ4v) is 4.55. The maximum atomic E-state index is 14.1. The highest BCUT2D eigenvalue weighted by Crippen LogP contribution is 2.31. The standard InChI is InChI=1S/C23H28FN5O4/c1-5-27-17-10-13(2)8-9-28(17)29-12-16(19(30)20(33-4)18(29)23(27)32)22(31)25-11-15-7-6-14(3)26-21(15)24/h6-7,12-13,17H,5,8-11H2,1-4H3,(H,25,31)/t13-,17-/m0/s1. The first-order valence-corrected chi connectivity index (χ1v) is 11.1. The van der Waals surface area contributed by atoms with Crippen molar-refractivity contribution >= 4 is 11.8 Å². The summed E-state index contributed by atoms with van der Waals surface area (Å²) in [6.07, 6.45) is 2.92. The van der Waals surface area contributed by atoms with Crippen LogP contribution in [0, 0.1) is 18.8 Å². The zero-order valence-corrected chi connectivity index (χ0v) is 19.2. The molecular formula is C23H28FN5O4. The van der Waals surface area contributed by atoms with Crippen LogP contribution in [0.3, 0.4) is 0 Å². The topological polar surface area (TPSA) is 96.8 Å². The number of nitrogens with zero attached hydrogens (tertiary/aromatic N) is 4. The Hall–Kier alpha value is -3.43. The Balaban J connectivity index is 1.73. The van der Waals surface area contributed by atoms with E-state index in [4.69, 9.17) is 4.74 Å². The highest BCUT2D eigenvalue weighted by atomic mass is 19.1. The summed E-state index contributed by atoms with van der Waals surface area (Å²) >= 11 is 0. The highest BCUT2D eigenvalue weighted by Gasteiger charge is 2.42. The van der Waals surface area contributed by atoms with Crippen molar-refractivity contribution in [2.45, 2.75) is 46.3 Å². The normalized spacial score (nSPS) is 19.7. The number of hydrogen-bond donors (Lipinski definition) is 1. The van der Waals surface area contributed by atoms with Crippen LogP contribution >= 0.6 is 0 Å². The number of nitrogens with one attached hydrogen (secondary N) is 1. The van der Waals surface area contributed by atoms with Crippen molar-refractivity contribution in [3.8, 4) is 5.75 Å². The molecule has 10 heteroatoms. The Morgan fingerprint density at radius 1 is 1.33 bits per heavy atom. The first-order chi connectivity index (χ1) is 15.8. The van der Waals surface area contributed by atoms with Gasteiger partial charge in [-0.2, -0.15) is 4.39 Å². The summed E-state index contributed by atoms with van der Waals surface area (Å²) in [5, 5.41) is 4.59. The molecule has 0 saturated carbocycles. The fraction of sp³-hybridized carbons (Fsp3) is 0.478. The van der Waals surface area contributed by atoms with Crippen molar-refractivity contribution in [2.75, 3.05) is 25.2 Å². The predicted octanol–water partition coefficient (Wildman–Crippen LogP) is 1.80. The molecule has 2 aliphatic heterocycles. The number of fused-ring (bicyclic) bond motifs is 3. The van der Waals surface area contributed by atoms with E-state index in [9.17, 15) is 18.8 Å². The summed E-state index contributed by atoms with van der Waals surface area (Å²) in [6.45, 7) is 6.74. The van der Waals surface area contributed by atoms with Crippen molar-refractivity contribution in [1.82, 2.24) is 19.9 Å². The van der Waals surface area contributed by atoms with Gasteiger partial charge in [0.15, 0.2) is 11.4 Å². The summed E-state index contributed by atoms with van der Waals surface area (Å²) < 4.78 is 21.0. The average Bonchev–Trinajstić information content (AvgIpc) is 2.78. The van der Waals surface area contributed by atoms with E-state index >= 15 is 0 Å². The highest BCUT2D eigenvalue weighted by molar-refractivity contribution is 5.99. The number of piperidine rings is 1. The van der Waals surface area contributed by atoms with Crippen molar-refractivity contribution in [3.63, 3.8) is 0 Å². The van der Waals surface area contributed by atoms with Gasteiger partial charge in [0.25, 0.3) is 11.8 Å². The maximum absolute atomic E-state index is 14.1. The second-order valence-corrected chi connectivity index (χ2v) is 8.55. The zero-order chi connectivity index (χ0) is 23.9. The number of rotatable bonds is 5. The van der Waals surface area contributed by atoms with E-state index in [0.717, 1.165) is 12.8 Å². The van der Waals surface area contributed by atoms with Gasteiger partial charge in [0, 0.05) is 37.1 Å². The van der Waals surface area contributed by atoms with Crippen molar-refractivity contribution in [3.05, 3.63) is 57.0 Å². The van der Waals surface area contributed by atoms with Crippen LogP contribution in [-0.4, -0.2) is 52.7 Å². The van der Waals surface area contributed by atoms with Crippen molar-refractivity contribution < 1.29 is 18.7 Å². The van der Waals surface area contributed by atoms with Gasteiger partial charge in [-0.1, -0.05) is 13.0 Å². The molecule has 2 atom stereocenters. The Labute approximate surface area is 191 Å². The van der Waals surface area contributed by atoms with Crippen LogP contribution in [0.1, 0.15) is 58.8 Å². The SMILES string of the molecule is CCN1C(=O)c2c(OC)c(=O)c(C(=O)NCc3ccc(C)nc3F)cn2N2CC[C@H](C)C[C@@H]12. The molecule has 1 N–H and O–H groups in total. The zero-order valence-electron chi connectivity index (χ0n) is 19.2. The second kappa shape index (κ2) is 8.84. The number of hydrogen-bond acceptors (Lipinski definition) is 6. The molecule has 9 nitrogen and oxygen atoms in total. The first kappa shape index (κ1) is 22.8. The molecule has 2 aliphatic rings. The minimum Gasteiger partial charge on any atom is -0.491 e. The first-order valence-electron chi connectivity index (χ1n) is 11.1. The quantitative estimate of drug-likeness (QED) is 0.688. The molecule has 4 rings (SSSR count).